The molecule has 2 aromatic rings. The molecule has 23 heavy (non-hydrogen) atoms. The van der Waals surface area contributed by atoms with Crippen molar-refractivity contribution < 1.29 is 4.79 Å². The Morgan fingerprint density at radius 1 is 1.39 bits per heavy atom. The number of carbonyl (C=O) groups excluding carboxylic acids is 1. The summed E-state index contributed by atoms with van der Waals surface area (Å²) in [6.45, 7) is 6.48. The fourth-order valence-corrected chi connectivity index (χ4v) is 3.25. The Balaban J connectivity index is 1.64. The number of aryl methyl sites for hydroxylation is 2. The fourth-order valence-electron chi connectivity index (χ4n) is 3.25. The van der Waals surface area contributed by atoms with E-state index in [4.69, 9.17) is 0 Å². The van der Waals surface area contributed by atoms with Gasteiger partial charge >= 0.3 is 0 Å². The molecular weight excluding hydrogens is 288 g/mol. The first kappa shape index (κ1) is 15.7. The van der Waals surface area contributed by atoms with Crippen LogP contribution < -0.4 is 0 Å². The Morgan fingerprint density at radius 2 is 2.26 bits per heavy atom. The van der Waals surface area contributed by atoms with E-state index in [0.717, 1.165) is 50.3 Å². The normalized spacial score (nSPS) is 18.2. The van der Waals surface area contributed by atoms with Gasteiger partial charge in [0.05, 0.1) is 11.8 Å². The molecule has 0 aromatic carbocycles. The molecule has 0 N–H and O–H groups in total. The predicted molar refractivity (Wildman–Crippen MR) is 89.2 cm³/mol. The summed E-state index contributed by atoms with van der Waals surface area (Å²) in [6.07, 6.45) is 6.68. The highest BCUT2D eigenvalue weighted by Gasteiger charge is 2.25. The molecule has 1 unspecified atom stereocenters. The zero-order valence-electron chi connectivity index (χ0n) is 13.9. The summed E-state index contributed by atoms with van der Waals surface area (Å²) in [5, 5.41) is 4.21. The van der Waals surface area contributed by atoms with Crippen molar-refractivity contribution in [1.29, 1.82) is 0 Å². The van der Waals surface area contributed by atoms with Gasteiger partial charge < -0.3 is 4.90 Å². The third kappa shape index (κ3) is 3.78. The van der Waals surface area contributed by atoms with Gasteiger partial charge in [-0.05, 0) is 51.2 Å². The van der Waals surface area contributed by atoms with E-state index in [-0.39, 0.29) is 5.91 Å². The van der Waals surface area contributed by atoms with Crippen LogP contribution in [-0.4, -0.2) is 38.7 Å². The highest BCUT2D eigenvalue weighted by molar-refractivity contribution is 5.93. The quantitative estimate of drug-likeness (QED) is 0.872. The van der Waals surface area contributed by atoms with Crippen LogP contribution in [0.2, 0.25) is 0 Å². The summed E-state index contributed by atoms with van der Waals surface area (Å²) in [5.41, 5.74) is 2.88. The lowest BCUT2D eigenvalue weighted by Crippen LogP contribution is -2.40. The second-order valence-electron chi connectivity index (χ2n) is 6.32. The second kappa shape index (κ2) is 6.94. The van der Waals surface area contributed by atoms with Crippen molar-refractivity contribution in [2.75, 3.05) is 13.1 Å². The van der Waals surface area contributed by atoms with Crippen molar-refractivity contribution in [3.8, 4) is 0 Å². The summed E-state index contributed by atoms with van der Waals surface area (Å²) in [4.78, 5) is 19.2. The maximum absolute atomic E-state index is 12.6. The molecule has 0 bridgehead atoms. The van der Waals surface area contributed by atoms with Crippen LogP contribution in [0, 0.1) is 12.8 Å². The summed E-state index contributed by atoms with van der Waals surface area (Å²) >= 11 is 0. The smallest absolute Gasteiger partial charge is 0.257 e. The second-order valence-corrected chi connectivity index (χ2v) is 6.32. The number of carbonyl (C=O) groups is 1. The van der Waals surface area contributed by atoms with Crippen LogP contribution >= 0.6 is 0 Å². The van der Waals surface area contributed by atoms with Crippen LogP contribution in [0.3, 0.4) is 0 Å². The molecule has 0 spiro atoms. The Hall–Kier alpha value is -2.17. The van der Waals surface area contributed by atoms with Crippen LogP contribution in [0.4, 0.5) is 0 Å². The molecule has 5 nitrogen and oxygen atoms in total. The topological polar surface area (TPSA) is 51.0 Å². The van der Waals surface area contributed by atoms with Gasteiger partial charge in [-0.2, -0.15) is 5.10 Å². The number of pyridine rings is 1. The first-order valence-electron chi connectivity index (χ1n) is 8.40. The van der Waals surface area contributed by atoms with E-state index in [1.54, 1.807) is 10.9 Å². The highest BCUT2D eigenvalue weighted by Crippen LogP contribution is 2.21. The predicted octanol–water partition coefficient (Wildman–Crippen LogP) is 2.70. The highest BCUT2D eigenvalue weighted by atomic mass is 16.2. The van der Waals surface area contributed by atoms with E-state index < -0.39 is 0 Å². The first-order chi connectivity index (χ1) is 11.2. The minimum Gasteiger partial charge on any atom is -0.338 e. The minimum absolute atomic E-state index is 0.103. The van der Waals surface area contributed by atoms with Crippen molar-refractivity contribution in [3.63, 3.8) is 0 Å². The Bertz CT molecular complexity index is 679. The van der Waals surface area contributed by atoms with Gasteiger partial charge in [-0.25, -0.2) is 0 Å². The Morgan fingerprint density at radius 3 is 3.00 bits per heavy atom. The Labute approximate surface area is 137 Å². The van der Waals surface area contributed by atoms with Gasteiger partial charge in [-0.3, -0.25) is 14.5 Å². The molecule has 0 aliphatic carbocycles. The molecule has 1 aliphatic heterocycles. The van der Waals surface area contributed by atoms with E-state index >= 15 is 0 Å². The zero-order chi connectivity index (χ0) is 16.2. The third-order valence-electron chi connectivity index (χ3n) is 4.45. The average molecular weight is 312 g/mol. The van der Waals surface area contributed by atoms with E-state index in [1.165, 1.54) is 0 Å². The van der Waals surface area contributed by atoms with Crippen molar-refractivity contribution >= 4 is 5.91 Å². The van der Waals surface area contributed by atoms with Gasteiger partial charge in [-0.15, -0.1) is 0 Å². The lowest BCUT2D eigenvalue weighted by molar-refractivity contribution is 0.0672. The SMILES string of the molecule is CCn1cc(C(=O)N2CCCC(Cc3cccc(C)n3)C2)cn1. The zero-order valence-corrected chi connectivity index (χ0v) is 13.9. The number of hydrogen-bond donors (Lipinski definition) is 0. The molecular formula is C18H24N4O. The number of amides is 1. The summed E-state index contributed by atoms with van der Waals surface area (Å²) in [7, 11) is 0. The largest absolute Gasteiger partial charge is 0.338 e. The van der Waals surface area contributed by atoms with Crippen LogP contribution in [0.1, 0.15) is 41.5 Å². The number of nitrogens with zero attached hydrogens (tertiary/aromatic N) is 4. The van der Waals surface area contributed by atoms with E-state index in [0.29, 0.717) is 11.5 Å². The molecule has 1 fully saturated rings. The van der Waals surface area contributed by atoms with E-state index in [9.17, 15) is 4.79 Å². The van der Waals surface area contributed by atoms with Crippen molar-refractivity contribution in [1.82, 2.24) is 19.7 Å². The van der Waals surface area contributed by atoms with Gasteiger partial charge in [-0.1, -0.05) is 6.07 Å². The van der Waals surface area contributed by atoms with E-state index in [2.05, 4.69) is 22.2 Å². The molecule has 0 radical (unpaired) electrons. The molecule has 5 heteroatoms. The molecule has 1 atom stereocenters. The average Bonchev–Trinajstić information content (AvgIpc) is 3.03. The molecule has 2 aromatic heterocycles. The van der Waals surface area contributed by atoms with Crippen molar-refractivity contribution in [3.05, 3.63) is 47.5 Å². The minimum atomic E-state index is 0.103. The van der Waals surface area contributed by atoms with Crippen LogP contribution in [-0.2, 0) is 13.0 Å². The Kier molecular flexibility index (Phi) is 4.74. The molecule has 3 rings (SSSR count). The lowest BCUT2D eigenvalue weighted by Gasteiger charge is -2.32. The number of likely N-dealkylation sites (tertiary alicyclic amines) is 1. The number of piperidine rings is 1. The van der Waals surface area contributed by atoms with Crippen LogP contribution in [0.15, 0.2) is 30.6 Å². The van der Waals surface area contributed by atoms with Gasteiger partial charge in [0.25, 0.3) is 5.91 Å². The van der Waals surface area contributed by atoms with Crippen LogP contribution in [0.25, 0.3) is 0 Å². The third-order valence-corrected chi connectivity index (χ3v) is 4.45. The van der Waals surface area contributed by atoms with Gasteiger partial charge in [0.2, 0.25) is 0 Å². The summed E-state index contributed by atoms with van der Waals surface area (Å²) in [6, 6.07) is 6.16. The summed E-state index contributed by atoms with van der Waals surface area (Å²) in [5.74, 6) is 0.592. The fraction of sp³-hybridized carbons (Fsp3) is 0.500. The molecule has 1 aliphatic rings. The first-order valence-corrected chi connectivity index (χ1v) is 8.40. The molecule has 1 amide bonds. The maximum atomic E-state index is 12.6. The van der Waals surface area contributed by atoms with Gasteiger partial charge in [0, 0.05) is 37.2 Å². The van der Waals surface area contributed by atoms with Crippen molar-refractivity contribution in [2.45, 2.75) is 39.7 Å². The van der Waals surface area contributed by atoms with Gasteiger partial charge in [0.1, 0.15) is 0 Å². The summed E-state index contributed by atoms with van der Waals surface area (Å²) < 4.78 is 1.80. The molecule has 1 saturated heterocycles. The lowest BCUT2D eigenvalue weighted by atomic mass is 9.93. The van der Waals surface area contributed by atoms with E-state index in [1.807, 2.05) is 31.0 Å². The number of aromatic nitrogens is 3. The number of rotatable bonds is 4. The standard InChI is InChI=1S/C18H24N4O/c1-3-22-13-16(11-19-22)18(23)21-9-5-7-15(12-21)10-17-8-4-6-14(2)20-17/h4,6,8,11,13,15H,3,5,7,9-10,12H2,1-2H3. The maximum Gasteiger partial charge on any atom is 0.257 e. The monoisotopic (exact) mass is 312 g/mol. The molecule has 122 valence electrons. The van der Waals surface area contributed by atoms with Crippen molar-refractivity contribution in [2.24, 2.45) is 5.92 Å². The molecule has 3 heterocycles. The van der Waals surface area contributed by atoms with Crippen LogP contribution in [0.5, 0.6) is 0 Å². The van der Waals surface area contributed by atoms with Gasteiger partial charge in [0.15, 0.2) is 0 Å². The molecule has 0 saturated carbocycles. The number of hydrogen-bond acceptors (Lipinski definition) is 3.